The highest BCUT2D eigenvalue weighted by Crippen LogP contribution is 2.29. The predicted octanol–water partition coefficient (Wildman–Crippen LogP) is 2.04. The Balaban J connectivity index is 2.22. The van der Waals surface area contributed by atoms with Crippen LogP contribution in [0.25, 0.3) is 0 Å². The summed E-state index contributed by atoms with van der Waals surface area (Å²) in [6.45, 7) is 4.43. The van der Waals surface area contributed by atoms with Gasteiger partial charge in [0.05, 0.1) is 11.6 Å². The zero-order valence-electron chi connectivity index (χ0n) is 19.6. The van der Waals surface area contributed by atoms with Gasteiger partial charge in [-0.25, -0.2) is 0 Å². The second-order valence-corrected chi connectivity index (χ2v) is 8.36. The Labute approximate surface area is 212 Å². The van der Waals surface area contributed by atoms with E-state index in [4.69, 9.17) is 51.6 Å². The molecule has 1 aromatic rings. The lowest BCUT2D eigenvalue weighted by molar-refractivity contribution is -0.278. The van der Waals surface area contributed by atoms with E-state index >= 15 is 0 Å². The second kappa shape index (κ2) is 13.5. The summed E-state index contributed by atoms with van der Waals surface area (Å²) < 4.78 is 33.0. The molecule has 194 valence electrons. The Bertz CT molecular complexity index is 927. The van der Waals surface area contributed by atoms with Gasteiger partial charge in [-0.05, 0) is 18.2 Å². The largest absolute Gasteiger partial charge is 0.490 e. The van der Waals surface area contributed by atoms with E-state index < -0.39 is 54.5 Å². The molecule has 0 bridgehead atoms. The SMILES string of the molecule is CC(=O)N[C@H]1[C@@H](OCCOc2ccc(Cl)cc2Cl)O[C@@H](COC(C)=O)[C@@H](OC(C)=O)[C@@H]1OC(C)=O. The van der Waals surface area contributed by atoms with Gasteiger partial charge in [0.25, 0.3) is 0 Å². The number of carbonyl (C=O) groups excluding carboxylic acids is 4. The van der Waals surface area contributed by atoms with E-state index in [-0.39, 0.29) is 19.8 Å². The molecular formula is C22H27Cl2NO10. The van der Waals surface area contributed by atoms with E-state index in [2.05, 4.69) is 5.32 Å². The highest BCUT2D eigenvalue weighted by atomic mass is 35.5. The highest BCUT2D eigenvalue weighted by molar-refractivity contribution is 6.35. The molecule has 1 N–H and O–H groups in total. The number of hydrogen-bond acceptors (Lipinski definition) is 10. The van der Waals surface area contributed by atoms with E-state index in [1.807, 2.05) is 0 Å². The number of amides is 1. The maximum atomic E-state index is 11.9. The second-order valence-electron chi connectivity index (χ2n) is 7.51. The zero-order chi connectivity index (χ0) is 26.1. The van der Waals surface area contributed by atoms with Crippen molar-refractivity contribution in [2.24, 2.45) is 0 Å². The van der Waals surface area contributed by atoms with Crippen molar-refractivity contribution in [2.75, 3.05) is 19.8 Å². The minimum Gasteiger partial charge on any atom is -0.490 e. The van der Waals surface area contributed by atoms with Gasteiger partial charge < -0.3 is 33.7 Å². The Kier molecular flexibility index (Phi) is 11.0. The molecule has 2 rings (SSSR count). The zero-order valence-corrected chi connectivity index (χ0v) is 21.1. The number of hydrogen-bond donors (Lipinski definition) is 1. The summed E-state index contributed by atoms with van der Waals surface area (Å²) in [4.78, 5) is 46.9. The fourth-order valence-electron chi connectivity index (χ4n) is 3.34. The minimum absolute atomic E-state index is 0.0359. The van der Waals surface area contributed by atoms with Gasteiger partial charge in [0, 0.05) is 32.7 Å². The van der Waals surface area contributed by atoms with Crippen molar-refractivity contribution in [3.8, 4) is 5.75 Å². The van der Waals surface area contributed by atoms with Crippen LogP contribution in [-0.4, -0.2) is 74.3 Å². The molecule has 5 atom stereocenters. The number of ether oxygens (including phenoxy) is 6. The lowest BCUT2D eigenvalue weighted by Gasteiger charge is -2.44. The van der Waals surface area contributed by atoms with Crippen molar-refractivity contribution in [3.63, 3.8) is 0 Å². The average molecular weight is 536 g/mol. The summed E-state index contributed by atoms with van der Waals surface area (Å²) in [7, 11) is 0. The Morgan fingerprint density at radius 1 is 0.943 bits per heavy atom. The molecule has 1 saturated heterocycles. The van der Waals surface area contributed by atoms with Gasteiger partial charge in [0.15, 0.2) is 18.5 Å². The fourth-order valence-corrected chi connectivity index (χ4v) is 3.80. The molecule has 13 heteroatoms. The number of benzene rings is 1. The third kappa shape index (κ3) is 9.17. The summed E-state index contributed by atoms with van der Waals surface area (Å²) in [6, 6.07) is 3.67. The van der Waals surface area contributed by atoms with Crippen LogP contribution in [0, 0.1) is 0 Å². The van der Waals surface area contributed by atoms with Gasteiger partial charge in [-0.15, -0.1) is 0 Å². The van der Waals surface area contributed by atoms with Crippen LogP contribution in [0.3, 0.4) is 0 Å². The van der Waals surface area contributed by atoms with Crippen molar-refractivity contribution in [3.05, 3.63) is 28.2 Å². The first-order chi connectivity index (χ1) is 16.5. The van der Waals surface area contributed by atoms with Crippen LogP contribution in [0.2, 0.25) is 10.0 Å². The molecule has 35 heavy (non-hydrogen) atoms. The molecule has 0 aromatic heterocycles. The molecule has 1 aliphatic heterocycles. The molecule has 1 fully saturated rings. The van der Waals surface area contributed by atoms with Gasteiger partial charge >= 0.3 is 17.9 Å². The fraction of sp³-hybridized carbons (Fsp3) is 0.545. The number of carbonyl (C=O) groups is 4. The lowest BCUT2D eigenvalue weighted by atomic mass is 9.96. The first-order valence-corrected chi connectivity index (χ1v) is 11.3. The quantitative estimate of drug-likeness (QED) is 0.269. The van der Waals surface area contributed by atoms with Crippen LogP contribution in [0.15, 0.2) is 18.2 Å². The Morgan fingerprint density at radius 3 is 2.17 bits per heavy atom. The van der Waals surface area contributed by atoms with Crippen molar-refractivity contribution < 1.29 is 47.6 Å². The van der Waals surface area contributed by atoms with Gasteiger partial charge in [0.1, 0.15) is 31.1 Å². The maximum absolute atomic E-state index is 11.9. The summed E-state index contributed by atoms with van der Waals surface area (Å²) in [5.74, 6) is -2.10. The summed E-state index contributed by atoms with van der Waals surface area (Å²) in [6.07, 6.45) is -4.64. The number of halogens is 2. The van der Waals surface area contributed by atoms with Gasteiger partial charge in [-0.1, -0.05) is 23.2 Å². The molecule has 0 saturated carbocycles. The third-order valence-electron chi connectivity index (χ3n) is 4.59. The van der Waals surface area contributed by atoms with Crippen molar-refractivity contribution in [2.45, 2.75) is 58.3 Å². The lowest BCUT2D eigenvalue weighted by Crippen LogP contribution is -2.66. The first kappa shape index (κ1) is 28.6. The smallest absolute Gasteiger partial charge is 0.303 e. The topological polar surface area (TPSA) is 136 Å². The summed E-state index contributed by atoms with van der Waals surface area (Å²) >= 11 is 12.0. The summed E-state index contributed by atoms with van der Waals surface area (Å²) in [5.41, 5.74) is 0. The average Bonchev–Trinajstić information content (AvgIpc) is 2.73. The van der Waals surface area contributed by atoms with Crippen molar-refractivity contribution in [1.82, 2.24) is 5.32 Å². The monoisotopic (exact) mass is 535 g/mol. The van der Waals surface area contributed by atoms with Crippen molar-refractivity contribution >= 4 is 47.0 Å². The van der Waals surface area contributed by atoms with Crippen LogP contribution in [0.4, 0.5) is 0 Å². The van der Waals surface area contributed by atoms with Crippen LogP contribution in [-0.2, 0) is 42.9 Å². The first-order valence-electron chi connectivity index (χ1n) is 10.6. The van der Waals surface area contributed by atoms with Crippen LogP contribution in [0.5, 0.6) is 5.75 Å². The summed E-state index contributed by atoms with van der Waals surface area (Å²) in [5, 5.41) is 3.37. The Morgan fingerprint density at radius 2 is 1.60 bits per heavy atom. The van der Waals surface area contributed by atoms with Crippen LogP contribution < -0.4 is 10.1 Å². The molecule has 0 radical (unpaired) electrons. The number of nitrogens with one attached hydrogen (secondary N) is 1. The molecule has 0 unspecified atom stereocenters. The highest BCUT2D eigenvalue weighted by Gasteiger charge is 2.51. The normalized spacial score (nSPS) is 23.7. The number of rotatable bonds is 10. The van der Waals surface area contributed by atoms with Gasteiger partial charge in [-0.3, -0.25) is 19.2 Å². The minimum atomic E-state index is -1.20. The predicted molar refractivity (Wildman–Crippen MR) is 122 cm³/mol. The molecule has 1 amide bonds. The van der Waals surface area contributed by atoms with E-state index in [1.54, 1.807) is 12.1 Å². The van der Waals surface area contributed by atoms with E-state index in [1.165, 1.54) is 19.9 Å². The van der Waals surface area contributed by atoms with Crippen LogP contribution >= 0.6 is 23.2 Å². The van der Waals surface area contributed by atoms with Crippen molar-refractivity contribution in [1.29, 1.82) is 0 Å². The molecule has 0 spiro atoms. The molecule has 0 aliphatic carbocycles. The molecular weight excluding hydrogens is 509 g/mol. The molecule has 11 nitrogen and oxygen atoms in total. The third-order valence-corrected chi connectivity index (χ3v) is 5.12. The standard InChI is InChI=1S/C22H27Cl2NO10/c1-11(26)25-19-21(34-14(4)29)20(33-13(3)28)18(10-32-12(2)27)35-22(19)31-8-7-30-17-6-5-15(23)9-16(17)24/h5-6,9,18-22H,7-8,10H2,1-4H3,(H,25,26)/t18-,19+,20+,21+,22-/m0/s1. The van der Waals surface area contributed by atoms with Crippen LogP contribution in [0.1, 0.15) is 27.7 Å². The van der Waals surface area contributed by atoms with Gasteiger partial charge in [0.2, 0.25) is 5.91 Å². The van der Waals surface area contributed by atoms with E-state index in [0.717, 1.165) is 13.8 Å². The molecule has 1 aromatic carbocycles. The molecule has 1 heterocycles. The molecule has 1 aliphatic rings. The number of esters is 3. The Hall–Kier alpha value is -2.60. The van der Waals surface area contributed by atoms with E-state index in [9.17, 15) is 19.2 Å². The van der Waals surface area contributed by atoms with Gasteiger partial charge in [-0.2, -0.15) is 0 Å². The van der Waals surface area contributed by atoms with E-state index in [0.29, 0.717) is 15.8 Å². The maximum Gasteiger partial charge on any atom is 0.303 e.